The maximum atomic E-state index is 13.2. The van der Waals surface area contributed by atoms with Crippen molar-refractivity contribution in [1.82, 2.24) is 4.98 Å². The standard InChI is InChI=1S/C36H34FNO7/c1-35(2)43-21-28(45-35)20-42-22-31(39)25-7-12-29-30(19-25)38-16-13-32(29)44-27-10-5-24(6-11-27)18-34(41)36(14-15-36)33(40)17-23-3-8-26(37)9-4-23/h3-13,16,19,28H,14-15,17-18,20-22H2,1-2H3. The average molecular weight is 612 g/mol. The average Bonchev–Trinajstić information content (AvgIpc) is 3.77. The quantitative estimate of drug-likeness (QED) is 0.130. The van der Waals surface area contributed by atoms with E-state index in [1.165, 1.54) is 12.1 Å². The molecule has 0 radical (unpaired) electrons. The maximum Gasteiger partial charge on any atom is 0.188 e. The number of Topliss-reactive ketones (excluding diaryl/α,β-unsaturated/α-hetero) is 3. The molecule has 1 aliphatic heterocycles. The van der Waals surface area contributed by atoms with E-state index >= 15 is 0 Å². The summed E-state index contributed by atoms with van der Waals surface area (Å²) >= 11 is 0. The second-order valence-corrected chi connectivity index (χ2v) is 12.1. The Morgan fingerprint density at radius 2 is 1.58 bits per heavy atom. The van der Waals surface area contributed by atoms with Crippen LogP contribution in [0.2, 0.25) is 0 Å². The Morgan fingerprint density at radius 3 is 2.20 bits per heavy atom. The molecule has 9 heteroatoms. The molecule has 0 bridgehead atoms. The number of pyridine rings is 1. The molecule has 1 aromatic heterocycles. The van der Waals surface area contributed by atoms with Gasteiger partial charge in [0.2, 0.25) is 0 Å². The number of carbonyl (C=O) groups is 3. The van der Waals surface area contributed by atoms with E-state index in [0.717, 1.165) is 10.9 Å². The fourth-order valence-electron chi connectivity index (χ4n) is 5.55. The molecule has 1 atom stereocenters. The van der Waals surface area contributed by atoms with Crippen LogP contribution < -0.4 is 4.74 Å². The van der Waals surface area contributed by atoms with Gasteiger partial charge in [-0.15, -0.1) is 0 Å². The van der Waals surface area contributed by atoms with Crippen molar-refractivity contribution in [3.63, 3.8) is 0 Å². The maximum absolute atomic E-state index is 13.2. The molecule has 6 rings (SSSR count). The van der Waals surface area contributed by atoms with E-state index < -0.39 is 11.2 Å². The molecule has 0 N–H and O–H groups in total. The Labute approximate surface area is 260 Å². The van der Waals surface area contributed by atoms with E-state index in [2.05, 4.69) is 4.98 Å². The van der Waals surface area contributed by atoms with Crippen molar-refractivity contribution < 1.29 is 37.7 Å². The van der Waals surface area contributed by atoms with Gasteiger partial charge in [-0.05, 0) is 80.3 Å². The van der Waals surface area contributed by atoms with Crippen molar-refractivity contribution in [3.8, 4) is 11.5 Å². The second-order valence-electron chi connectivity index (χ2n) is 12.1. The first-order valence-electron chi connectivity index (χ1n) is 15.0. The number of ether oxygens (including phenoxy) is 4. The topological polar surface area (TPSA) is 101 Å². The van der Waals surface area contributed by atoms with Gasteiger partial charge in [-0.1, -0.05) is 30.3 Å². The van der Waals surface area contributed by atoms with Crippen LogP contribution in [0.4, 0.5) is 4.39 Å². The van der Waals surface area contributed by atoms with Crippen LogP contribution in [-0.4, -0.2) is 54.0 Å². The van der Waals surface area contributed by atoms with Gasteiger partial charge in [-0.3, -0.25) is 19.4 Å². The number of benzene rings is 3. The number of fused-ring (bicyclic) bond motifs is 1. The van der Waals surface area contributed by atoms with Crippen LogP contribution in [0.25, 0.3) is 10.9 Å². The third-order valence-corrected chi connectivity index (χ3v) is 8.24. The highest BCUT2D eigenvalue weighted by Crippen LogP contribution is 2.49. The van der Waals surface area contributed by atoms with E-state index in [0.29, 0.717) is 47.6 Å². The van der Waals surface area contributed by atoms with Crippen molar-refractivity contribution in [2.24, 2.45) is 5.41 Å². The molecule has 4 aromatic rings. The van der Waals surface area contributed by atoms with Crippen LogP contribution >= 0.6 is 0 Å². The number of rotatable bonds is 13. The van der Waals surface area contributed by atoms with Crippen molar-refractivity contribution >= 4 is 28.3 Å². The lowest BCUT2D eigenvalue weighted by Gasteiger charge is -2.17. The van der Waals surface area contributed by atoms with Crippen LogP contribution in [-0.2, 0) is 36.6 Å². The first-order valence-corrected chi connectivity index (χ1v) is 15.0. The zero-order chi connectivity index (χ0) is 31.6. The Morgan fingerprint density at radius 1 is 0.911 bits per heavy atom. The van der Waals surface area contributed by atoms with Gasteiger partial charge in [0, 0.05) is 30.0 Å². The fourth-order valence-corrected chi connectivity index (χ4v) is 5.55. The molecule has 1 saturated heterocycles. The zero-order valence-corrected chi connectivity index (χ0v) is 25.2. The van der Waals surface area contributed by atoms with Gasteiger partial charge in [-0.25, -0.2) is 4.39 Å². The predicted octanol–water partition coefficient (Wildman–Crippen LogP) is 6.22. The fraction of sp³-hybridized carbons (Fsp3) is 0.333. The van der Waals surface area contributed by atoms with Crippen molar-refractivity contribution in [1.29, 1.82) is 0 Å². The van der Waals surface area contributed by atoms with E-state index in [9.17, 15) is 18.8 Å². The molecule has 0 amide bonds. The number of halogens is 1. The molecule has 232 valence electrons. The second kappa shape index (κ2) is 12.6. The third kappa shape index (κ3) is 7.17. The van der Waals surface area contributed by atoms with E-state index in [-0.39, 0.29) is 55.3 Å². The van der Waals surface area contributed by atoms with Crippen LogP contribution in [0.1, 0.15) is 48.2 Å². The lowest BCUT2D eigenvalue weighted by Crippen LogP contribution is -2.28. The van der Waals surface area contributed by atoms with Gasteiger partial charge in [0.25, 0.3) is 0 Å². The van der Waals surface area contributed by atoms with E-state index in [1.54, 1.807) is 54.7 Å². The van der Waals surface area contributed by atoms with Crippen LogP contribution in [0.5, 0.6) is 11.5 Å². The largest absolute Gasteiger partial charge is 0.457 e. The molecule has 8 nitrogen and oxygen atoms in total. The van der Waals surface area contributed by atoms with Gasteiger partial charge in [0.05, 0.1) is 24.1 Å². The molecule has 1 saturated carbocycles. The van der Waals surface area contributed by atoms with Gasteiger partial charge < -0.3 is 18.9 Å². The summed E-state index contributed by atoms with van der Waals surface area (Å²) in [6.45, 7) is 4.28. The molecular weight excluding hydrogens is 577 g/mol. The lowest BCUT2D eigenvalue weighted by atomic mass is 9.88. The van der Waals surface area contributed by atoms with Crippen molar-refractivity contribution in [2.45, 2.75) is 51.4 Å². The first-order chi connectivity index (χ1) is 21.6. The molecule has 2 aliphatic rings. The summed E-state index contributed by atoms with van der Waals surface area (Å²) in [5, 5.41) is 0.739. The highest BCUT2D eigenvalue weighted by molar-refractivity contribution is 6.11. The Hall–Kier alpha value is -4.31. The molecule has 45 heavy (non-hydrogen) atoms. The summed E-state index contributed by atoms with van der Waals surface area (Å²) in [4.78, 5) is 43.3. The van der Waals surface area contributed by atoms with Crippen molar-refractivity contribution in [3.05, 3.63) is 102 Å². The third-order valence-electron chi connectivity index (χ3n) is 8.24. The number of ketones is 3. The summed E-state index contributed by atoms with van der Waals surface area (Å²) in [6.07, 6.45) is 2.77. The van der Waals surface area contributed by atoms with Crippen LogP contribution in [0.15, 0.2) is 79.0 Å². The number of hydrogen-bond acceptors (Lipinski definition) is 8. The molecule has 1 aliphatic carbocycles. The smallest absolute Gasteiger partial charge is 0.188 e. The zero-order valence-electron chi connectivity index (χ0n) is 25.2. The number of carbonyl (C=O) groups excluding carboxylic acids is 3. The Balaban J connectivity index is 1.05. The monoisotopic (exact) mass is 611 g/mol. The number of aromatic nitrogens is 1. The number of nitrogens with zero attached hydrogens (tertiary/aromatic N) is 1. The lowest BCUT2D eigenvalue weighted by molar-refractivity contribution is -0.144. The van der Waals surface area contributed by atoms with Gasteiger partial charge >= 0.3 is 0 Å². The first kappa shape index (κ1) is 30.7. The van der Waals surface area contributed by atoms with E-state index in [1.807, 2.05) is 26.0 Å². The van der Waals surface area contributed by atoms with Crippen LogP contribution in [0.3, 0.4) is 0 Å². The van der Waals surface area contributed by atoms with Gasteiger partial charge in [0.1, 0.15) is 30.0 Å². The minimum Gasteiger partial charge on any atom is -0.457 e. The normalized spacial score (nSPS) is 18.1. The predicted molar refractivity (Wildman–Crippen MR) is 164 cm³/mol. The molecule has 3 aromatic carbocycles. The Bertz CT molecular complexity index is 1730. The minimum atomic E-state index is -0.942. The SMILES string of the molecule is CC1(C)OCC(COCC(=O)c2ccc3c(Oc4ccc(CC(=O)C5(C(=O)Cc6ccc(F)cc6)CC5)cc4)ccnc3c2)O1. The molecule has 0 spiro atoms. The minimum absolute atomic E-state index is 0.0830. The highest BCUT2D eigenvalue weighted by atomic mass is 19.1. The molecule has 2 fully saturated rings. The van der Waals surface area contributed by atoms with Gasteiger partial charge in [-0.2, -0.15) is 0 Å². The summed E-state index contributed by atoms with van der Waals surface area (Å²) in [5.74, 6) is -0.230. The van der Waals surface area contributed by atoms with E-state index in [4.69, 9.17) is 18.9 Å². The highest BCUT2D eigenvalue weighted by Gasteiger charge is 2.54. The summed E-state index contributed by atoms with van der Waals surface area (Å²) in [6, 6.07) is 20.0. The van der Waals surface area contributed by atoms with Gasteiger partial charge in [0.15, 0.2) is 23.1 Å². The Kier molecular flexibility index (Phi) is 8.59. The summed E-state index contributed by atoms with van der Waals surface area (Å²) in [7, 11) is 0. The summed E-state index contributed by atoms with van der Waals surface area (Å²) in [5.41, 5.74) is 1.63. The number of hydrogen-bond donors (Lipinski definition) is 0. The molecule has 1 unspecified atom stereocenters. The summed E-state index contributed by atoms with van der Waals surface area (Å²) < 4.78 is 36.2. The molecule has 2 heterocycles. The van der Waals surface area contributed by atoms with Crippen molar-refractivity contribution in [2.75, 3.05) is 19.8 Å². The van der Waals surface area contributed by atoms with Crippen LogP contribution in [0, 0.1) is 11.2 Å². The molecular formula is C36H34FNO7.